The number of carbonyl (C=O) groups is 1. The fourth-order valence-corrected chi connectivity index (χ4v) is 1.40. The number of hydrogen-bond donors (Lipinski definition) is 2. The molecule has 0 aliphatic carbocycles. The largest absolute Gasteiger partial charge is 0.468 e. The fourth-order valence-electron chi connectivity index (χ4n) is 1.40. The van der Waals surface area contributed by atoms with E-state index in [9.17, 15) is 4.79 Å². The molecule has 0 aliphatic heterocycles. The highest BCUT2D eigenvalue weighted by molar-refractivity contribution is 5.76. The summed E-state index contributed by atoms with van der Waals surface area (Å²) in [5.74, 6) is -0.508. The molecular formula is C11H13N3O2. The highest BCUT2D eigenvalue weighted by atomic mass is 16.5. The second-order valence-corrected chi connectivity index (χ2v) is 3.33. The molecule has 0 saturated carbocycles. The predicted octanol–water partition coefficient (Wildman–Crippen LogP) is 0.183. The summed E-state index contributed by atoms with van der Waals surface area (Å²) in [6, 6.07) is 6.28. The third kappa shape index (κ3) is 2.49. The first-order valence-electron chi connectivity index (χ1n) is 4.71. The first-order valence-corrected chi connectivity index (χ1v) is 4.71. The highest BCUT2D eigenvalue weighted by Gasteiger charge is 2.16. The van der Waals surface area contributed by atoms with Gasteiger partial charge in [-0.3, -0.25) is 4.79 Å². The summed E-state index contributed by atoms with van der Waals surface area (Å²) < 4.78 is 4.51. The van der Waals surface area contributed by atoms with E-state index in [0.717, 1.165) is 0 Å². The monoisotopic (exact) mass is 219 g/mol. The summed E-state index contributed by atoms with van der Waals surface area (Å²) >= 11 is 0. The van der Waals surface area contributed by atoms with E-state index in [4.69, 9.17) is 16.7 Å². The molecule has 0 radical (unpaired) electrons. The van der Waals surface area contributed by atoms with Crippen LogP contribution in [0.15, 0.2) is 18.2 Å². The van der Waals surface area contributed by atoms with Gasteiger partial charge in [0.25, 0.3) is 0 Å². The maximum Gasteiger partial charge on any atom is 0.322 e. The molecule has 0 bridgehead atoms. The Labute approximate surface area is 93.6 Å². The zero-order valence-corrected chi connectivity index (χ0v) is 8.93. The minimum atomic E-state index is -0.779. The van der Waals surface area contributed by atoms with E-state index in [1.54, 1.807) is 18.2 Å². The number of ether oxygens (including phenoxy) is 1. The van der Waals surface area contributed by atoms with Gasteiger partial charge in [0.2, 0.25) is 0 Å². The zero-order valence-electron chi connectivity index (χ0n) is 8.93. The van der Waals surface area contributed by atoms with E-state index >= 15 is 0 Å². The van der Waals surface area contributed by atoms with Crippen molar-refractivity contribution in [2.75, 3.05) is 12.8 Å². The van der Waals surface area contributed by atoms with Gasteiger partial charge < -0.3 is 16.2 Å². The molecule has 5 nitrogen and oxygen atoms in total. The molecule has 0 saturated heterocycles. The Morgan fingerprint density at radius 3 is 2.88 bits per heavy atom. The molecule has 1 aromatic rings. The van der Waals surface area contributed by atoms with Crippen LogP contribution in [0, 0.1) is 11.3 Å². The normalized spacial score (nSPS) is 11.6. The summed E-state index contributed by atoms with van der Waals surface area (Å²) in [7, 11) is 1.27. The van der Waals surface area contributed by atoms with E-state index in [0.29, 0.717) is 16.8 Å². The van der Waals surface area contributed by atoms with Crippen molar-refractivity contribution in [3.05, 3.63) is 29.3 Å². The molecule has 0 unspecified atom stereocenters. The molecule has 1 rings (SSSR count). The van der Waals surface area contributed by atoms with E-state index < -0.39 is 12.0 Å². The first-order chi connectivity index (χ1) is 7.60. The van der Waals surface area contributed by atoms with Crippen LogP contribution in [-0.4, -0.2) is 19.1 Å². The second kappa shape index (κ2) is 5.14. The van der Waals surface area contributed by atoms with Crippen LogP contribution < -0.4 is 11.5 Å². The second-order valence-electron chi connectivity index (χ2n) is 3.33. The van der Waals surface area contributed by atoms with Gasteiger partial charge in [0.05, 0.1) is 12.7 Å². The van der Waals surface area contributed by atoms with Crippen LogP contribution in [0.4, 0.5) is 5.69 Å². The third-order valence-electron chi connectivity index (χ3n) is 2.24. The smallest absolute Gasteiger partial charge is 0.322 e. The lowest BCUT2D eigenvalue weighted by Gasteiger charge is -2.11. The zero-order chi connectivity index (χ0) is 12.1. The van der Waals surface area contributed by atoms with Gasteiger partial charge in [-0.2, -0.15) is 5.26 Å². The van der Waals surface area contributed by atoms with Gasteiger partial charge in [-0.15, -0.1) is 0 Å². The van der Waals surface area contributed by atoms with E-state index in [1.807, 2.05) is 6.07 Å². The number of anilines is 1. The van der Waals surface area contributed by atoms with E-state index in [1.165, 1.54) is 7.11 Å². The van der Waals surface area contributed by atoms with Crippen LogP contribution in [-0.2, 0) is 16.0 Å². The van der Waals surface area contributed by atoms with Gasteiger partial charge in [-0.1, -0.05) is 12.1 Å². The molecule has 0 aromatic heterocycles. The Morgan fingerprint density at radius 1 is 1.62 bits per heavy atom. The Bertz CT molecular complexity index is 437. The summed E-state index contributed by atoms with van der Waals surface area (Å²) in [5.41, 5.74) is 12.6. The lowest BCUT2D eigenvalue weighted by Crippen LogP contribution is -2.33. The van der Waals surface area contributed by atoms with Gasteiger partial charge in [-0.25, -0.2) is 0 Å². The molecule has 1 aromatic carbocycles. The lowest BCUT2D eigenvalue weighted by atomic mass is 10.00. The van der Waals surface area contributed by atoms with Crippen LogP contribution in [0.1, 0.15) is 11.1 Å². The highest BCUT2D eigenvalue weighted by Crippen LogP contribution is 2.17. The van der Waals surface area contributed by atoms with Crippen LogP contribution in [0.5, 0.6) is 0 Å². The number of carbonyl (C=O) groups excluding carboxylic acids is 1. The molecule has 0 spiro atoms. The number of rotatable bonds is 3. The standard InChI is InChI=1S/C11H13N3O2/c1-16-11(15)10(14)5-7-3-2-4-9(13)8(7)6-12/h2-4,10H,5,13-14H2,1H3/t10-/m0/s1. The summed E-state index contributed by atoms with van der Waals surface area (Å²) in [6.07, 6.45) is 0.237. The van der Waals surface area contributed by atoms with Crippen molar-refractivity contribution < 1.29 is 9.53 Å². The molecule has 4 N–H and O–H groups in total. The molecular weight excluding hydrogens is 206 g/mol. The van der Waals surface area contributed by atoms with Crippen LogP contribution >= 0.6 is 0 Å². The predicted molar refractivity (Wildman–Crippen MR) is 59.3 cm³/mol. The molecule has 0 fully saturated rings. The number of nitrogens with two attached hydrogens (primary N) is 2. The van der Waals surface area contributed by atoms with Crippen molar-refractivity contribution >= 4 is 11.7 Å². The van der Waals surface area contributed by atoms with Gasteiger partial charge in [0.15, 0.2) is 0 Å². The maximum atomic E-state index is 11.1. The molecule has 0 amide bonds. The van der Waals surface area contributed by atoms with Gasteiger partial charge in [-0.05, 0) is 18.1 Å². The van der Waals surface area contributed by atoms with Crippen molar-refractivity contribution in [1.82, 2.24) is 0 Å². The Hall–Kier alpha value is -2.06. The van der Waals surface area contributed by atoms with Crippen molar-refractivity contribution in [2.24, 2.45) is 5.73 Å². The van der Waals surface area contributed by atoms with Crippen molar-refractivity contribution in [1.29, 1.82) is 5.26 Å². The average molecular weight is 219 g/mol. The third-order valence-corrected chi connectivity index (χ3v) is 2.24. The Morgan fingerprint density at radius 2 is 2.31 bits per heavy atom. The van der Waals surface area contributed by atoms with Crippen molar-refractivity contribution in [3.63, 3.8) is 0 Å². The summed E-state index contributed by atoms with van der Waals surface area (Å²) in [4.78, 5) is 11.1. The van der Waals surface area contributed by atoms with Crippen LogP contribution in [0.3, 0.4) is 0 Å². The number of benzene rings is 1. The maximum absolute atomic E-state index is 11.1. The summed E-state index contributed by atoms with van der Waals surface area (Å²) in [6.45, 7) is 0. The van der Waals surface area contributed by atoms with Gasteiger partial charge >= 0.3 is 5.97 Å². The van der Waals surface area contributed by atoms with Gasteiger partial charge in [0.1, 0.15) is 12.1 Å². The quantitative estimate of drug-likeness (QED) is 0.557. The van der Waals surface area contributed by atoms with Crippen LogP contribution in [0.2, 0.25) is 0 Å². The molecule has 0 aliphatic rings. The van der Waals surface area contributed by atoms with E-state index in [2.05, 4.69) is 4.74 Å². The topological polar surface area (TPSA) is 102 Å². The molecule has 1 atom stereocenters. The number of nitriles is 1. The minimum absolute atomic E-state index is 0.237. The number of nitrogen functional groups attached to an aromatic ring is 1. The van der Waals surface area contributed by atoms with Crippen molar-refractivity contribution in [3.8, 4) is 6.07 Å². The fraction of sp³-hybridized carbons (Fsp3) is 0.273. The minimum Gasteiger partial charge on any atom is -0.468 e. The number of esters is 1. The Kier molecular flexibility index (Phi) is 3.86. The average Bonchev–Trinajstić information content (AvgIpc) is 2.28. The molecule has 16 heavy (non-hydrogen) atoms. The SMILES string of the molecule is COC(=O)[C@@H](N)Cc1cccc(N)c1C#N. The molecule has 0 heterocycles. The number of methoxy groups -OCH3 is 1. The van der Waals surface area contributed by atoms with E-state index in [-0.39, 0.29) is 6.42 Å². The lowest BCUT2D eigenvalue weighted by molar-refractivity contribution is -0.142. The molecule has 5 heteroatoms. The van der Waals surface area contributed by atoms with Crippen LogP contribution in [0.25, 0.3) is 0 Å². The molecule has 84 valence electrons. The Balaban J connectivity index is 2.94. The van der Waals surface area contributed by atoms with Crippen molar-refractivity contribution in [2.45, 2.75) is 12.5 Å². The summed E-state index contributed by atoms with van der Waals surface area (Å²) in [5, 5.41) is 8.92. The first kappa shape index (κ1) is 12.0. The number of nitrogens with zero attached hydrogens (tertiary/aromatic N) is 1. The number of hydrogen-bond acceptors (Lipinski definition) is 5. The van der Waals surface area contributed by atoms with Gasteiger partial charge in [0, 0.05) is 5.69 Å².